The summed E-state index contributed by atoms with van der Waals surface area (Å²) in [5.41, 5.74) is 2.97. The van der Waals surface area contributed by atoms with Crippen LogP contribution in [0.2, 0.25) is 0 Å². The molecule has 0 unspecified atom stereocenters. The average Bonchev–Trinajstić information content (AvgIpc) is 2.37. The highest BCUT2D eigenvalue weighted by Crippen LogP contribution is 2.28. The van der Waals surface area contributed by atoms with Crippen LogP contribution in [0.5, 0.6) is 0 Å². The Kier molecular flexibility index (Phi) is 3.55. The zero-order chi connectivity index (χ0) is 14.0. The van der Waals surface area contributed by atoms with Crippen LogP contribution in [0.25, 0.3) is 17.2 Å². The van der Waals surface area contributed by atoms with Crippen molar-refractivity contribution in [2.75, 3.05) is 0 Å². The van der Waals surface area contributed by atoms with E-state index in [-0.39, 0.29) is 4.90 Å². The number of aryl methyl sites for hydroxylation is 1. The highest BCUT2D eigenvalue weighted by atomic mass is 32.2. The smallest absolute Gasteiger partial charge is 0.125 e. The highest BCUT2D eigenvalue weighted by Gasteiger charge is 2.10. The summed E-state index contributed by atoms with van der Waals surface area (Å²) >= 11 is 0. The van der Waals surface area contributed by atoms with E-state index in [1.165, 1.54) is 6.07 Å². The molecule has 0 fully saturated rings. The van der Waals surface area contributed by atoms with Crippen molar-refractivity contribution in [3.8, 4) is 11.1 Å². The molecule has 4 heteroatoms. The molecule has 0 N–H and O–H groups in total. The third kappa shape index (κ3) is 2.92. The van der Waals surface area contributed by atoms with Gasteiger partial charge in [0.25, 0.3) is 0 Å². The number of hydrogen-bond acceptors (Lipinski definition) is 3. The molecule has 0 aliphatic heterocycles. The Labute approximate surface area is 113 Å². The fourth-order valence-electron chi connectivity index (χ4n) is 1.89. The van der Waals surface area contributed by atoms with Crippen molar-refractivity contribution in [2.45, 2.75) is 11.8 Å². The summed E-state index contributed by atoms with van der Waals surface area (Å²) in [6, 6.07) is 11.9. The van der Waals surface area contributed by atoms with Gasteiger partial charge in [0.1, 0.15) is 10.1 Å². The van der Waals surface area contributed by atoms with Gasteiger partial charge in [-0.3, -0.25) is 0 Å². The SMILES string of the molecule is C=Cc1ccc(-c2cc(C)ccc2S(=O)(=O)[O-])cc1. The van der Waals surface area contributed by atoms with Crippen LogP contribution < -0.4 is 0 Å². The Morgan fingerprint density at radius 1 is 1.11 bits per heavy atom. The number of benzene rings is 2. The first-order chi connectivity index (χ1) is 8.91. The Balaban J connectivity index is 2.66. The topological polar surface area (TPSA) is 57.2 Å². The van der Waals surface area contributed by atoms with Gasteiger partial charge in [-0.2, -0.15) is 0 Å². The highest BCUT2D eigenvalue weighted by molar-refractivity contribution is 7.85. The van der Waals surface area contributed by atoms with E-state index in [9.17, 15) is 13.0 Å². The van der Waals surface area contributed by atoms with Crippen molar-refractivity contribution in [2.24, 2.45) is 0 Å². The molecule has 0 atom stereocenters. The molecule has 0 saturated heterocycles. The van der Waals surface area contributed by atoms with E-state index in [2.05, 4.69) is 6.58 Å². The molecule has 0 aliphatic carbocycles. The van der Waals surface area contributed by atoms with Crippen LogP contribution in [0.1, 0.15) is 11.1 Å². The quantitative estimate of drug-likeness (QED) is 0.807. The van der Waals surface area contributed by atoms with E-state index in [0.717, 1.165) is 11.1 Å². The molecule has 0 bridgehead atoms. The lowest BCUT2D eigenvalue weighted by Gasteiger charge is -2.14. The predicted molar refractivity (Wildman–Crippen MR) is 74.7 cm³/mol. The summed E-state index contributed by atoms with van der Waals surface area (Å²) in [5.74, 6) is 0. The van der Waals surface area contributed by atoms with Crippen molar-refractivity contribution in [1.29, 1.82) is 0 Å². The predicted octanol–water partition coefficient (Wildman–Crippen LogP) is 3.21. The first-order valence-electron chi connectivity index (χ1n) is 5.71. The first kappa shape index (κ1) is 13.5. The van der Waals surface area contributed by atoms with Crippen LogP contribution in [-0.4, -0.2) is 13.0 Å². The van der Waals surface area contributed by atoms with Gasteiger partial charge in [0, 0.05) is 0 Å². The number of rotatable bonds is 3. The van der Waals surface area contributed by atoms with E-state index < -0.39 is 10.1 Å². The molecule has 2 rings (SSSR count). The Hall–Kier alpha value is -1.91. The molecule has 0 amide bonds. The van der Waals surface area contributed by atoms with E-state index in [4.69, 9.17) is 0 Å². The molecule has 2 aromatic carbocycles. The van der Waals surface area contributed by atoms with Crippen LogP contribution in [0.15, 0.2) is 53.9 Å². The molecule has 0 radical (unpaired) electrons. The lowest BCUT2D eigenvalue weighted by molar-refractivity contribution is 0.463. The van der Waals surface area contributed by atoms with Gasteiger partial charge in [-0.05, 0) is 29.7 Å². The molecule has 2 aromatic rings. The zero-order valence-corrected chi connectivity index (χ0v) is 11.3. The molecule has 0 saturated carbocycles. The molecule has 0 aromatic heterocycles. The monoisotopic (exact) mass is 273 g/mol. The van der Waals surface area contributed by atoms with Crippen molar-refractivity contribution >= 4 is 16.2 Å². The van der Waals surface area contributed by atoms with Gasteiger partial charge in [0.05, 0.1) is 4.90 Å². The van der Waals surface area contributed by atoms with Gasteiger partial charge in [0.15, 0.2) is 0 Å². The maximum absolute atomic E-state index is 11.3. The van der Waals surface area contributed by atoms with Crippen LogP contribution in [0.3, 0.4) is 0 Å². The normalized spacial score (nSPS) is 11.3. The van der Waals surface area contributed by atoms with Gasteiger partial charge in [0.2, 0.25) is 0 Å². The van der Waals surface area contributed by atoms with Crippen molar-refractivity contribution in [3.05, 3.63) is 60.2 Å². The number of hydrogen-bond donors (Lipinski definition) is 0. The minimum atomic E-state index is -4.48. The first-order valence-corrected chi connectivity index (χ1v) is 7.12. The standard InChI is InChI=1S/C15H14O3S/c1-3-12-5-7-13(8-6-12)14-10-11(2)4-9-15(14)19(16,17)18/h3-10H,1H2,2H3,(H,16,17,18)/p-1. The second-order valence-electron chi connectivity index (χ2n) is 4.28. The third-order valence-corrected chi connectivity index (χ3v) is 3.76. The fourth-order valence-corrected chi connectivity index (χ4v) is 2.57. The van der Waals surface area contributed by atoms with Gasteiger partial charge in [-0.1, -0.05) is 54.6 Å². The van der Waals surface area contributed by atoms with E-state index >= 15 is 0 Å². The van der Waals surface area contributed by atoms with Gasteiger partial charge in [-0.15, -0.1) is 0 Å². The molecule has 3 nitrogen and oxygen atoms in total. The van der Waals surface area contributed by atoms with E-state index in [0.29, 0.717) is 11.1 Å². The summed E-state index contributed by atoms with van der Waals surface area (Å²) in [6.07, 6.45) is 1.70. The van der Waals surface area contributed by atoms with Crippen molar-refractivity contribution in [3.63, 3.8) is 0 Å². The average molecular weight is 273 g/mol. The van der Waals surface area contributed by atoms with Gasteiger partial charge >= 0.3 is 0 Å². The summed E-state index contributed by atoms with van der Waals surface area (Å²) in [5, 5.41) is 0. The molecule has 98 valence electrons. The summed E-state index contributed by atoms with van der Waals surface area (Å²) in [4.78, 5) is -0.190. The second kappa shape index (κ2) is 4.99. The van der Waals surface area contributed by atoms with Gasteiger partial charge in [-0.25, -0.2) is 8.42 Å². The van der Waals surface area contributed by atoms with Crippen LogP contribution >= 0.6 is 0 Å². The van der Waals surface area contributed by atoms with E-state index in [1.807, 2.05) is 19.1 Å². The van der Waals surface area contributed by atoms with Crippen LogP contribution in [0.4, 0.5) is 0 Å². The largest absolute Gasteiger partial charge is 0.744 e. The minimum Gasteiger partial charge on any atom is -0.744 e. The molecular weight excluding hydrogens is 260 g/mol. The molecule has 0 aliphatic rings. The van der Waals surface area contributed by atoms with Crippen molar-refractivity contribution < 1.29 is 13.0 Å². The maximum Gasteiger partial charge on any atom is 0.125 e. The second-order valence-corrected chi connectivity index (χ2v) is 5.63. The molecule has 19 heavy (non-hydrogen) atoms. The van der Waals surface area contributed by atoms with Crippen molar-refractivity contribution in [1.82, 2.24) is 0 Å². The Morgan fingerprint density at radius 2 is 1.74 bits per heavy atom. The van der Waals surface area contributed by atoms with E-state index in [1.54, 1.807) is 30.3 Å². The van der Waals surface area contributed by atoms with Crippen LogP contribution in [-0.2, 0) is 10.1 Å². The molecule has 0 spiro atoms. The maximum atomic E-state index is 11.3. The molecule has 0 heterocycles. The van der Waals surface area contributed by atoms with Gasteiger partial charge < -0.3 is 4.55 Å². The lowest BCUT2D eigenvalue weighted by Crippen LogP contribution is -2.01. The summed E-state index contributed by atoms with van der Waals surface area (Å²) in [7, 11) is -4.48. The third-order valence-electron chi connectivity index (χ3n) is 2.86. The minimum absolute atomic E-state index is 0.190. The Morgan fingerprint density at radius 3 is 2.26 bits per heavy atom. The fraction of sp³-hybridized carbons (Fsp3) is 0.0667. The lowest BCUT2D eigenvalue weighted by atomic mass is 10.0. The Bertz CT molecular complexity index is 714. The zero-order valence-electron chi connectivity index (χ0n) is 10.5. The molecular formula is C15H13O3S-. The summed E-state index contributed by atoms with van der Waals surface area (Å²) in [6.45, 7) is 5.51. The summed E-state index contributed by atoms with van der Waals surface area (Å²) < 4.78 is 33.9. The van der Waals surface area contributed by atoms with Crippen LogP contribution in [0, 0.1) is 6.92 Å².